The van der Waals surface area contributed by atoms with Gasteiger partial charge in [0.15, 0.2) is 0 Å². The van der Waals surface area contributed by atoms with Gasteiger partial charge in [-0.2, -0.15) is 0 Å². The van der Waals surface area contributed by atoms with Crippen LogP contribution in [0.25, 0.3) is 0 Å². The average Bonchev–Trinajstić information content (AvgIpc) is 1.89. The lowest BCUT2D eigenvalue weighted by atomic mass is 10.3. The highest BCUT2D eigenvalue weighted by molar-refractivity contribution is 5.12. The fraction of sp³-hybridized carbons (Fsp3) is 0.333. The van der Waals surface area contributed by atoms with Crippen molar-refractivity contribution in [1.82, 2.24) is 9.97 Å². The Morgan fingerprint density at radius 3 is 2.89 bits per heavy atom. The van der Waals surface area contributed by atoms with Crippen LogP contribution in [0, 0.1) is 6.92 Å². The van der Waals surface area contributed by atoms with Gasteiger partial charge in [-0.15, -0.1) is 0 Å². The van der Waals surface area contributed by atoms with Gasteiger partial charge in [-0.05, 0) is 12.5 Å². The average molecular weight is 123 g/mol. The minimum Gasteiger partial charge on any atom is -0.325 e. The molecule has 0 aliphatic rings. The van der Waals surface area contributed by atoms with Gasteiger partial charge in [0, 0.05) is 12.7 Å². The van der Waals surface area contributed by atoms with E-state index in [-0.39, 0.29) is 0 Å². The summed E-state index contributed by atoms with van der Waals surface area (Å²) >= 11 is 0. The van der Waals surface area contributed by atoms with Crippen molar-refractivity contribution < 1.29 is 0 Å². The molecule has 0 fully saturated rings. The Balaban J connectivity index is 3.01. The molecule has 3 nitrogen and oxygen atoms in total. The number of nitrogens with two attached hydrogens (primary N) is 1. The zero-order valence-electron chi connectivity index (χ0n) is 5.33. The van der Waals surface area contributed by atoms with Gasteiger partial charge in [-0.25, -0.2) is 9.97 Å². The van der Waals surface area contributed by atoms with Gasteiger partial charge >= 0.3 is 0 Å². The summed E-state index contributed by atoms with van der Waals surface area (Å²) in [7, 11) is 0. The molecule has 1 rings (SSSR count). The predicted molar refractivity (Wildman–Crippen MR) is 34.7 cm³/mol. The van der Waals surface area contributed by atoms with Gasteiger partial charge in [-0.3, -0.25) is 0 Å². The molecular formula is C6H9N3. The number of aryl methyl sites for hydroxylation is 1. The third-order valence-electron chi connectivity index (χ3n) is 1.20. The second-order valence-corrected chi connectivity index (χ2v) is 1.86. The minimum absolute atomic E-state index is 0.494. The summed E-state index contributed by atoms with van der Waals surface area (Å²) in [6.45, 7) is 2.44. The molecule has 1 aromatic heterocycles. The lowest BCUT2D eigenvalue weighted by Crippen LogP contribution is -2.01. The smallest absolute Gasteiger partial charge is 0.115 e. The Hall–Kier alpha value is -0.960. The Labute approximate surface area is 53.9 Å². The van der Waals surface area contributed by atoms with E-state index in [4.69, 9.17) is 5.73 Å². The molecule has 0 saturated carbocycles. The van der Waals surface area contributed by atoms with Gasteiger partial charge in [-0.1, -0.05) is 0 Å². The maximum absolute atomic E-state index is 5.36. The van der Waals surface area contributed by atoms with Crippen molar-refractivity contribution in [1.29, 1.82) is 0 Å². The Morgan fingerprint density at radius 2 is 2.44 bits per heavy atom. The second kappa shape index (κ2) is 2.55. The van der Waals surface area contributed by atoms with Crippen LogP contribution in [-0.2, 0) is 6.54 Å². The third kappa shape index (κ3) is 1.23. The SMILES string of the molecule is Cc1cncnc1CN. The van der Waals surface area contributed by atoms with Crippen LogP contribution < -0.4 is 5.73 Å². The third-order valence-corrected chi connectivity index (χ3v) is 1.20. The van der Waals surface area contributed by atoms with E-state index in [1.165, 1.54) is 6.33 Å². The van der Waals surface area contributed by atoms with E-state index < -0.39 is 0 Å². The standard InChI is InChI=1S/C6H9N3/c1-5-3-8-4-9-6(5)2-7/h3-4H,2,7H2,1H3. The van der Waals surface area contributed by atoms with Crippen LogP contribution in [0.1, 0.15) is 11.3 Å². The van der Waals surface area contributed by atoms with Crippen LogP contribution >= 0.6 is 0 Å². The molecule has 0 atom stereocenters. The summed E-state index contributed by atoms with van der Waals surface area (Å²) in [6.07, 6.45) is 3.27. The topological polar surface area (TPSA) is 51.8 Å². The van der Waals surface area contributed by atoms with Crippen molar-refractivity contribution in [3.8, 4) is 0 Å². The van der Waals surface area contributed by atoms with Crippen molar-refractivity contribution in [3.05, 3.63) is 23.8 Å². The van der Waals surface area contributed by atoms with Crippen molar-refractivity contribution in [3.63, 3.8) is 0 Å². The molecule has 0 unspecified atom stereocenters. The molecule has 0 spiro atoms. The molecule has 0 aliphatic heterocycles. The Kier molecular flexibility index (Phi) is 1.75. The van der Waals surface area contributed by atoms with Gasteiger partial charge in [0.1, 0.15) is 6.33 Å². The Bertz CT molecular complexity index is 197. The van der Waals surface area contributed by atoms with E-state index in [2.05, 4.69) is 9.97 Å². The molecule has 9 heavy (non-hydrogen) atoms. The molecule has 0 radical (unpaired) electrons. The number of hydrogen-bond acceptors (Lipinski definition) is 3. The van der Waals surface area contributed by atoms with Crippen molar-refractivity contribution in [2.24, 2.45) is 5.73 Å². The molecule has 0 amide bonds. The largest absolute Gasteiger partial charge is 0.325 e. The zero-order chi connectivity index (χ0) is 6.69. The number of rotatable bonds is 1. The molecule has 0 aliphatic carbocycles. The van der Waals surface area contributed by atoms with Gasteiger partial charge in [0.2, 0.25) is 0 Å². The van der Waals surface area contributed by atoms with Crippen LogP contribution in [0.15, 0.2) is 12.5 Å². The first-order chi connectivity index (χ1) is 4.34. The van der Waals surface area contributed by atoms with E-state index in [0.29, 0.717) is 6.54 Å². The van der Waals surface area contributed by atoms with E-state index in [1.807, 2.05) is 6.92 Å². The molecule has 0 saturated heterocycles. The van der Waals surface area contributed by atoms with Crippen LogP contribution in [0.2, 0.25) is 0 Å². The van der Waals surface area contributed by atoms with E-state index in [0.717, 1.165) is 11.3 Å². The molecule has 1 heterocycles. The molecule has 3 heteroatoms. The van der Waals surface area contributed by atoms with Gasteiger partial charge in [0.05, 0.1) is 5.69 Å². The lowest BCUT2D eigenvalue weighted by Gasteiger charge is -1.96. The maximum atomic E-state index is 5.36. The van der Waals surface area contributed by atoms with Crippen molar-refractivity contribution in [2.75, 3.05) is 0 Å². The molecule has 2 N–H and O–H groups in total. The molecular weight excluding hydrogens is 114 g/mol. The highest BCUT2D eigenvalue weighted by atomic mass is 14.8. The minimum atomic E-state index is 0.494. The summed E-state index contributed by atoms with van der Waals surface area (Å²) in [5, 5.41) is 0. The van der Waals surface area contributed by atoms with Crippen LogP contribution in [0.3, 0.4) is 0 Å². The molecule has 0 bridgehead atoms. The van der Waals surface area contributed by atoms with Crippen LogP contribution in [-0.4, -0.2) is 9.97 Å². The number of nitrogens with zero attached hydrogens (tertiary/aromatic N) is 2. The van der Waals surface area contributed by atoms with Crippen LogP contribution in [0.4, 0.5) is 0 Å². The first-order valence-corrected chi connectivity index (χ1v) is 2.80. The Morgan fingerprint density at radius 1 is 1.67 bits per heavy atom. The number of hydrogen-bond donors (Lipinski definition) is 1. The van der Waals surface area contributed by atoms with Crippen molar-refractivity contribution >= 4 is 0 Å². The monoisotopic (exact) mass is 123 g/mol. The normalized spacial score (nSPS) is 9.56. The quantitative estimate of drug-likeness (QED) is 0.582. The fourth-order valence-corrected chi connectivity index (χ4v) is 0.638. The predicted octanol–water partition coefficient (Wildman–Crippen LogP) is 0.244. The summed E-state index contributed by atoms with van der Waals surface area (Å²) < 4.78 is 0. The van der Waals surface area contributed by atoms with E-state index in [9.17, 15) is 0 Å². The molecule has 1 aromatic rings. The van der Waals surface area contributed by atoms with Gasteiger partial charge in [0.25, 0.3) is 0 Å². The van der Waals surface area contributed by atoms with Crippen molar-refractivity contribution in [2.45, 2.75) is 13.5 Å². The van der Waals surface area contributed by atoms with E-state index >= 15 is 0 Å². The van der Waals surface area contributed by atoms with Gasteiger partial charge < -0.3 is 5.73 Å². The fourth-order valence-electron chi connectivity index (χ4n) is 0.638. The lowest BCUT2D eigenvalue weighted by molar-refractivity contribution is 0.939. The first kappa shape index (κ1) is 6.16. The molecule has 0 aromatic carbocycles. The zero-order valence-corrected chi connectivity index (χ0v) is 5.33. The van der Waals surface area contributed by atoms with Crippen LogP contribution in [0.5, 0.6) is 0 Å². The summed E-state index contributed by atoms with van der Waals surface area (Å²) in [5.41, 5.74) is 7.34. The second-order valence-electron chi connectivity index (χ2n) is 1.86. The highest BCUT2D eigenvalue weighted by Crippen LogP contribution is 1.97. The highest BCUT2D eigenvalue weighted by Gasteiger charge is 1.92. The maximum Gasteiger partial charge on any atom is 0.115 e. The summed E-state index contributed by atoms with van der Waals surface area (Å²) in [5.74, 6) is 0. The summed E-state index contributed by atoms with van der Waals surface area (Å²) in [6, 6.07) is 0. The number of aromatic nitrogens is 2. The van der Waals surface area contributed by atoms with E-state index in [1.54, 1.807) is 6.20 Å². The molecule has 48 valence electrons. The first-order valence-electron chi connectivity index (χ1n) is 2.80. The summed E-state index contributed by atoms with van der Waals surface area (Å²) in [4.78, 5) is 7.79.